The molecule has 1 aromatic carbocycles. The Hall–Kier alpha value is -1.84. The van der Waals surface area contributed by atoms with Crippen molar-refractivity contribution in [3.63, 3.8) is 0 Å². The van der Waals surface area contributed by atoms with Crippen LogP contribution in [0.5, 0.6) is 5.75 Å². The Morgan fingerprint density at radius 3 is 2.50 bits per heavy atom. The van der Waals surface area contributed by atoms with Crippen LogP contribution in [0.15, 0.2) is 29.4 Å². The molecule has 0 radical (unpaired) electrons. The highest BCUT2D eigenvalue weighted by atomic mass is 16.5. The zero-order valence-electron chi connectivity index (χ0n) is 12.2. The van der Waals surface area contributed by atoms with E-state index in [2.05, 4.69) is 24.4 Å². The zero-order valence-corrected chi connectivity index (χ0v) is 12.2. The molecule has 1 aromatic rings. The Bertz CT molecular complexity index is 470. The molecule has 0 aromatic heterocycles. The molecule has 4 nitrogen and oxygen atoms in total. The van der Waals surface area contributed by atoms with Crippen LogP contribution in [-0.2, 0) is 4.79 Å². The summed E-state index contributed by atoms with van der Waals surface area (Å²) in [6.45, 7) is 4.29. The first-order valence-electron chi connectivity index (χ1n) is 7.22. The molecule has 0 heterocycles. The summed E-state index contributed by atoms with van der Waals surface area (Å²) in [6.07, 6.45) is 4.34. The summed E-state index contributed by atoms with van der Waals surface area (Å²) in [5.41, 5.74) is 4.89. The molecule has 1 fully saturated rings. The van der Waals surface area contributed by atoms with E-state index in [1.807, 2.05) is 24.3 Å². The predicted octanol–water partition coefficient (Wildman–Crippen LogP) is 3.24. The van der Waals surface area contributed by atoms with Crippen LogP contribution >= 0.6 is 0 Å². The summed E-state index contributed by atoms with van der Waals surface area (Å²) in [5.74, 6) is 0.991. The summed E-state index contributed by atoms with van der Waals surface area (Å²) in [5, 5.41) is 4.11. The minimum absolute atomic E-state index is 0.00218. The molecule has 2 rings (SSSR count). The first kappa shape index (κ1) is 14.6. The van der Waals surface area contributed by atoms with Gasteiger partial charge in [-0.25, -0.2) is 5.43 Å². The minimum atomic E-state index is -0.211. The number of carbonyl (C=O) groups excluding carboxylic acids is 1. The van der Waals surface area contributed by atoms with Gasteiger partial charge in [-0.15, -0.1) is 0 Å². The molecule has 1 aliphatic carbocycles. The summed E-state index contributed by atoms with van der Waals surface area (Å²) in [6, 6.07) is 7.84. The number of hydrogen-bond acceptors (Lipinski definition) is 3. The maximum absolute atomic E-state index is 11.6. The lowest BCUT2D eigenvalue weighted by Gasteiger charge is -2.08. The number of nitrogens with one attached hydrogen (secondary N) is 1. The Morgan fingerprint density at radius 2 is 1.90 bits per heavy atom. The third-order valence-electron chi connectivity index (χ3n) is 3.44. The number of amides is 1. The van der Waals surface area contributed by atoms with Crippen molar-refractivity contribution in [2.75, 3.05) is 6.61 Å². The Kier molecular flexibility index (Phi) is 5.16. The van der Waals surface area contributed by atoms with E-state index in [9.17, 15) is 4.79 Å². The van der Waals surface area contributed by atoms with Crippen LogP contribution in [0, 0.1) is 0 Å². The van der Waals surface area contributed by atoms with Gasteiger partial charge in [-0.05, 0) is 49.3 Å². The van der Waals surface area contributed by atoms with Gasteiger partial charge in [0.2, 0.25) is 0 Å². The van der Waals surface area contributed by atoms with Crippen LogP contribution in [0.4, 0.5) is 0 Å². The van der Waals surface area contributed by atoms with Gasteiger partial charge in [-0.1, -0.05) is 26.0 Å². The number of ether oxygens (including phenoxy) is 1. The fraction of sp³-hybridized carbons (Fsp3) is 0.500. The van der Waals surface area contributed by atoms with Gasteiger partial charge in [0.25, 0.3) is 5.91 Å². The molecule has 0 spiro atoms. The maximum Gasteiger partial charge on any atom is 0.277 e. The highest BCUT2D eigenvalue weighted by Gasteiger charge is 2.09. The standard InChI is InChI=1S/C16H22N2O2/c1-12(2)13-7-9-15(10-8-13)20-11-16(19)18-17-14-5-3-4-6-14/h7-10,12H,3-6,11H2,1-2H3,(H,18,19). The number of carbonyl (C=O) groups is 1. The van der Waals surface area contributed by atoms with Crippen LogP contribution in [0.2, 0.25) is 0 Å². The van der Waals surface area contributed by atoms with Crippen molar-refractivity contribution in [1.82, 2.24) is 5.43 Å². The molecule has 0 bridgehead atoms. The summed E-state index contributed by atoms with van der Waals surface area (Å²) < 4.78 is 5.44. The highest BCUT2D eigenvalue weighted by molar-refractivity contribution is 5.87. The van der Waals surface area contributed by atoms with E-state index in [1.165, 1.54) is 18.4 Å². The second-order valence-electron chi connectivity index (χ2n) is 5.43. The SMILES string of the molecule is CC(C)c1ccc(OCC(=O)NN=C2CCCC2)cc1. The molecule has 0 saturated heterocycles. The second kappa shape index (κ2) is 7.08. The first-order chi connectivity index (χ1) is 9.65. The van der Waals surface area contributed by atoms with Crippen molar-refractivity contribution in [1.29, 1.82) is 0 Å². The van der Waals surface area contributed by atoms with E-state index < -0.39 is 0 Å². The topological polar surface area (TPSA) is 50.7 Å². The largest absolute Gasteiger partial charge is 0.484 e. The molecule has 1 aliphatic rings. The van der Waals surface area contributed by atoms with E-state index in [0.717, 1.165) is 18.6 Å². The normalized spacial score (nSPS) is 14.4. The maximum atomic E-state index is 11.6. The first-order valence-corrected chi connectivity index (χ1v) is 7.22. The molecule has 1 N–H and O–H groups in total. The lowest BCUT2D eigenvalue weighted by Crippen LogP contribution is -2.25. The van der Waals surface area contributed by atoms with E-state index in [0.29, 0.717) is 11.7 Å². The average Bonchev–Trinajstić information content (AvgIpc) is 2.96. The number of nitrogens with zero attached hydrogens (tertiary/aromatic N) is 1. The fourth-order valence-electron chi connectivity index (χ4n) is 2.17. The third kappa shape index (κ3) is 4.37. The van der Waals surface area contributed by atoms with Crippen molar-refractivity contribution in [3.8, 4) is 5.75 Å². The van der Waals surface area contributed by atoms with Gasteiger partial charge in [-0.2, -0.15) is 5.10 Å². The molecular weight excluding hydrogens is 252 g/mol. The van der Waals surface area contributed by atoms with Gasteiger partial charge in [0.05, 0.1) is 0 Å². The third-order valence-corrected chi connectivity index (χ3v) is 3.44. The highest BCUT2D eigenvalue weighted by Crippen LogP contribution is 2.18. The van der Waals surface area contributed by atoms with Gasteiger partial charge in [0, 0.05) is 5.71 Å². The summed E-state index contributed by atoms with van der Waals surface area (Å²) in [4.78, 5) is 11.6. The predicted molar refractivity (Wildman–Crippen MR) is 80.1 cm³/mol. The number of benzene rings is 1. The van der Waals surface area contributed by atoms with E-state index in [4.69, 9.17) is 4.74 Å². The number of rotatable bonds is 5. The Labute approximate surface area is 120 Å². The molecule has 0 aliphatic heterocycles. The van der Waals surface area contributed by atoms with E-state index in [1.54, 1.807) is 0 Å². The van der Waals surface area contributed by atoms with Crippen LogP contribution in [-0.4, -0.2) is 18.2 Å². The van der Waals surface area contributed by atoms with Crippen LogP contribution in [0.25, 0.3) is 0 Å². The smallest absolute Gasteiger partial charge is 0.277 e. The molecule has 108 valence electrons. The lowest BCUT2D eigenvalue weighted by molar-refractivity contribution is -0.123. The monoisotopic (exact) mass is 274 g/mol. The van der Waals surface area contributed by atoms with Crippen LogP contribution in [0.1, 0.15) is 51.0 Å². The molecular formula is C16H22N2O2. The quantitative estimate of drug-likeness (QED) is 0.838. The molecule has 1 saturated carbocycles. The van der Waals surface area contributed by atoms with Crippen LogP contribution < -0.4 is 10.2 Å². The van der Waals surface area contributed by atoms with Crippen molar-refractivity contribution < 1.29 is 9.53 Å². The average molecular weight is 274 g/mol. The molecule has 1 amide bonds. The van der Waals surface area contributed by atoms with E-state index >= 15 is 0 Å². The number of hydrogen-bond donors (Lipinski definition) is 1. The lowest BCUT2D eigenvalue weighted by atomic mass is 10.0. The fourth-order valence-corrected chi connectivity index (χ4v) is 2.17. The van der Waals surface area contributed by atoms with Gasteiger partial charge >= 0.3 is 0 Å². The minimum Gasteiger partial charge on any atom is -0.484 e. The number of hydrazone groups is 1. The van der Waals surface area contributed by atoms with Crippen LogP contribution in [0.3, 0.4) is 0 Å². The second-order valence-corrected chi connectivity index (χ2v) is 5.43. The molecule has 0 atom stereocenters. The van der Waals surface area contributed by atoms with Gasteiger partial charge in [-0.3, -0.25) is 4.79 Å². The molecule has 0 unspecified atom stereocenters. The van der Waals surface area contributed by atoms with Crippen molar-refractivity contribution in [2.45, 2.75) is 45.4 Å². The van der Waals surface area contributed by atoms with E-state index in [-0.39, 0.29) is 12.5 Å². The van der Waals surface area contributed by atoms with Crippen molar-refractivity contribution in [2.24, 2.45) is 5.10 Å². The van der Waals surface area contributed by atoms with Gasteiger partial charge in [0.1, 0.15) is 5.75 Å². The summed E-state index contributed by atoms with van der Waals surface area (Å²) >= 11 is 0. The Morgan fingerprint density at radius 1 is 1.25 bits per heavy atom. The molecule has 4 heteroatoms. The molecule has 20 heavy (non-hydrogen) atoms. The van der Waals surface area contributed by atoms with Gasteiger partial charge < -0.3 is 4.74 Å². The van der Waals surface area contributed by atoms with Crippen molar-refractivity contribution >= 4 is 11.6 Å². The van der Waals surface area contributed by atoms with Crippen molar-refractivity contribution in [3.05, 3.63) is 29.8 Å². The zero-order chi connectivity index (χ0) is 14.4. The van der Waals surface area contributed by atoms with Gasteiger partial charge in [0.15, 0.2) is 6.61 Å². The Balaban J connectivity index is 1.76. The summed E-state index contributed by atoms with van der Waals surface area (Å²) in [7, 11) is 0.